The van der Waals surface area contributed by atoms with Gasteiger partial charge in [0.15, 0.2) is 5.75 Å². The highest BCUT2D eigenvalue weighted by Gasteiger charge is 2.30. The molecule has 6 nitrogen and oxygen atoms in total. The third-order valence-electron chi connectivity index (χ3n) is 4.79. The Kier molecular flexibility index (Phi) is 4.53. The molecule has 6 heteroatoms. The van der Waals surface area contributed by atoms with Crippen LogP contribution in [0, 0.1) is 13.8 Å². The summed E-state index contributed by atoms with van der Waals surface area (Å²) in [5.41, 5.74) is 3.66. The molecule has 2 amide bonds. The lowest BCUT2D eigenvalue weighted by Gasteiger charge is -2.21. The number of fused-ring (bicyclic) bond motifs is 2. The van der Waals surface area contributed by atoms with Crippen molar-refractivity contribution in [3.05, 3.63) is 77.5 Å². The van der Waals surface area contributed by atoms with Gasteiger partial charge in [0.05, 0.1) is 5.69 Å². The molecule has 0 saturated carbocycles. The normalized spacial score (nSPS) is 12.5. The van der Waals surface area contributed by atoms with Crippen LogP contribution in [0.2, 0.25) is 0 Å². The first-order chi connectivity index (χ1) is 13.5. The highest BCUT2D eigenvalue weighted by Crippen LogP contribution is 2.37. The summed E-state index contributed by atoms with van der Waals surface area (Å²) in [5.74, 6) is 0.0959. The molecular weight excluding hydrogens is 354 g/mol. The molecule has 3 aromatic rings. The number of pyridine rings is 1. The van der Waals surface area contributed by atoms with Crippen LogP contribution in [-0.2, 0) is 4.79 Å². The molecule has 0 bridgehead atoms. The molecule has 4 rings (SSSR count). The number of benzene rings is 2. The summed E-state index contributed by atoms with van der Waals surface area (Å²) in [6, 6.07) is 16.2. The van der Waals surface area contributed by atoms with Crippen molar-refractivity contribution < 1.29 is 14.3 Å². The van der Waals surface area contributed by atoms with Gasteiger partial charge < -0.3 is 10.1 Å². The molecule has 2 heterocycles. The zero-order valence-corrected chi connectivity index (χ0v) is 15.6. The molecule has 0 fully saturated rings. The highest BCUT2D eigenvalue weighted by molar-refractivity contribution is 6.12. The first-order valence-corrected chi connectivity index (χ1v) is 8.94. The monoisotopic (exact) mass is 373 g/mol. The summed E-state index contributed by atoms with van der Waals surface area (Å²) in [6.45, 7) is 3.80. The number of para-hydroxylation sites is 2. The van der Waals surface area contributed by atoms with Gasteiger partial charge in [-0.15, -0.1) is 0 Å². The third-order valence-corrected chi connectivity index (χ3v) is 4.79. The maximum absolute atomic E-state index is 13.1. The Hall–Kier alpha value is -3.67. The van der Waals surface area contributed by atoms with Crippen molar-refractivity contribution in [1.29, 1.82) is 0 Å². The van der Waals surface area contributed by atoms with E-state index in [-0.39, 0.29) is 24.2 Å². The van der Waals surface area contributed by atoms with Gasteiger partial charge in [0.2, 0.25) is 11.8 Å². The lowest BCUT2D eigenvalue weighted by atomic mass is 10.1. The van der Waals surface area contributed by atoms with Crippen molar-refractivity contribution in [1.82, 2.24) is 4.98 Å². The molecule has 1 aliphatic heterocycles. The van der Waals surface area contributed by atoms with E-state index >= 15 is 0 Å². The van der Waals surface area contributed by atoms with Gasteiger partial charge in [0.25, 0.3) is 5.91 Å². The van der Waals surface area contributed by atoms with Crippen molar-refractivity contribution in [2.45, 2.75) is 13.8 Å². The number of nitrogens with zero attached hydrogens (tertiary/aromatic N) is 2. The molecule has 0 unspecified atom stereocenters. The van der Waals surface area contributed by atoms with Crippen molar-refractivity contribution in [3.63, 3.8) is 0 Å². The van der Waals surface area contributed by atoms with E-state index in [2.05, 4.69) is 10.3 Å². The van der Waals surface area contributed by atoms with Crippen LogP contribution in [0.3, 0.4) is 0 Å². The number of aromatic nitrogens is 1. The van der Waals surface area contributed by atoms with Crippen molar-refractivity contribution in [2.24, 2.45) is 0 Å². The van der Waals surface area contributed by atoms with E-state index in [1.165, 1.54) is 4.90 Å². The average Bonchev–Trinajstić information content (AvgIpc) is 2.81. The molecule has 0 saturated heterocycles. The number of carbonyl (C=O) groups is 2. The zero-order valence-electron chi connectivity index (χ0n) is 15.6. The fourth-order valence-electron chi connectivity index (χ4n) is 3.14. The number of hydrogen-bond donors (Lipinski definition) is 1. The quantitative estimate of drug-likeness (QED) is 0.751. The van der Waals surface area contributed by atoms with Crippen LogP contribution >= 0.6 is 0 Å². The summed E-state index contributed by atoms with van der Waals surface area (Å²) in [7, 11) is 0. The molecule has 0 aliphatic carbocycles. The van der Waals surface area contributed by atoms with E-state index in [1.54, 1.807) is 36.5 Å². The minimum atomic E-state index is -0.329. The number of anilines is 2. The topological polar surface area (TPSA) is 71.5 Å². The fraction of sp³-hybridized carbons (Fsp3) is 0.136. The second-order valence-electron chi connectivity index (χ2n) is 6.61. The van der Waals surface area contributed by atoms with Gasteiger partial charge in [-0.2, -0.15) is 0 Å². The van der Waals surface area contributed by atoms with E-state index in [1.807, 2.05) is 38.1 Å². The molecule has 1 N–H and O–H groups in total. The van der Waals surface area contributed by atoms with Crippen molar-refractivity contribution >= 4 is 23.2 Å². The van der Waals surface area contributed by atoms with Crippen molar-refractivity contribution in [3.8, 4) is 11.6 Å². The van der Waals surface area contributed by atoms with E-state index in [0.29, 0.717) is 17.0 Å². The van der Waals surface area contributed by atoms with Gasteiger partial charge >= 0.3 is 0 Å². The Morgan fingerprint density at radius 2 is 1.89 bits per heavy atom. The van der Waals surface area contributed by atoms with Gasteiger partial charge in [-0.3, -0.25) is 14.5 Å². The Balaban J connectivity index is 1.67. The van der Waals surface area contributed by atoms with Crippen molar-refractivity contribution in [2.75, 3.05) is 16.8 Å². The number of carbonyl (C=O) groups excluding carboxylic acids is 2. The second-order valence-corrected chi connectivity index (χ2v) is 6.61. The fourth-order valence-corrected chi connectivity index (χ4v) is 3.14. The summed E-state index contributed by atoms with van der Waals surface area (Å²) < 4.78 is 5.83. The van der Waals surface area contributed by atoms with Gasteiger partial charge in [-0.05, 0) is 55.3 Å². The Morgan fingerprint density at radius 1 is 1.07 bits per heavy atom. The van der Waals surface area contributed by atoms with Gasteiger partial charge in [-0.25, -0.2) is 4.98 Å². The molecule has 140 valence electrons. The first-order valence-electron chi connectivity index (χ1n) is 8.94. The van der Waals surface area contributed by atoms with E-state index < -0.39 is 0 Å². The van der Waals surface area contributed by atoms with Gasteiger partial charge in [0.1, 0.15) is 12.1 Å². The standard InChI is InChI=1S/C22H19N3O3/c1-14-7-5-9-17(15(14)2)24-20(26)13-25-18-10-3-4-11-19(18)28-21-16(22(25)27)8-6-12-23-21/h3-12H,13H2,1-2H3,(H,24,26). The predicted molar refractivity (Wildman–Crippen MR) is 107 cm³/mol. The minimum Gasteiger partial charge on any atom is -0.436 e. The lowest BCUT2D eigenvalue weighted by Crippen LogP contribution is -2.37. The summed E-state index contributed by atoms with van der Waals surface area (Å²) >= 11 is 0. The van der Waals surface area contributed by atoms with E-state index in [4.69, 9.17) is 4.74 Å². The average molecular weight is 373 g/mol. The maximum Gasteiger partial charge on any atom is 0.264 e. The summed E-state index contributed by atoms with van der Waals surface area (Å²) in [5, 5.41) is 2.90. The minimum absolute atomic E-state index is 0.138. The molecular formula is C22H19N3O3. The number of ether oxygens (including phenoxy) is 1. The Labute approximate surface area is 162 Å². The predicted octanol–water partition coefficient (Wildman–Crippen LogP) is 4.09. The van der Waals surface area contributed by atoms with Crippen LogP contribution in [0.5, 0.6) is 11.6 Å². The zero-order chi connectivity index (χ0) is 19.7. The largest absolute Gasteiger partial charge is 0.436 e. The molecule has 0 atom stereocenters. The van der Waals surface area contributed by atoms with Crippen LogP contribution < -0.4 is 15.0 Å². The SMILES string of the molecule is Cc1cccc(NC(=O)CN2C(=O)c3cccnc3Oc3ccccc32)c1C. The van der Waals surface area contributed by atoms with Crippen LogP contribution in [0.25, 0.3) is 0 Å². The third kappa shape index (κ3) is 3.20. The molecule has 1 aromatic heterocycles. The number of amides is 2. The summed E-state index contributed by atoms with van der Waals surface area (Å²) in [4.78, 5) is 31.5. The maximum atomic E-state index is 13.1. The smallest absolute Gasteiger partial charge is 0.264 e. The van der Waals surface area contributed by atoms with Gasteiger partial charge in [0, 0.05) is 11.9 Å². The summed E-state index contributed by atoms with van der Waals surface area (Å²) in [6.07, 6.45) is 1.57. The first kappa shape index (κ1) is 17.7. The Morgan fingerprint density at radius 3 is 2.75 bits per heavy atom. The van der Waals surface area contributed by atoms with Crippen LogP contribution in [-0.4, -0.2) is 23.3 Å². The number of hydrogen-bond acceptors (Lipinski definition) is 4. The number of rotatable bonds is 3. The molecule has 2 aromatic carbocycles. The van der Waals surface area contributed by atoms with E-state index in [0.717, 1.165) is 16.8 Å². The van der Waals surface area contributed by atoms with E-state index in [9.17, 15) is 9.59 Å². The highest BCUT2D eigenvalue weighted by atomic mass is 16.5. The number of nitrogens with one attached hydrogen (secondary N) is 1. The lowest BCUT2D eigenvalue weighted by molar-refractivity contribution is -0.114. The van der Waals surface area contributed by atoms with Crippen LogP contribution in [0.4, 0.5) is 11.4 Å². The molecule has 1 aliphatic rings. The number of aryl methyl sites for hydroxylation is 1. The molecule has 0 radical (unpaired) electrons. The van der Waals surface area contributed by atoms with Crippen LogP contribution in [0.1, 0.15) is 21.5 Å². The van der Waals surface area contributed by atoms with Crippen LogP contribution in [0.15, 0.2) is 60.8 Å². The Bertz CT molecular complexity index is 1080. The molecule has 28 heavy (non-hydrogen) atoms. The van der Waals surface area contributed by atoms with Gasteiger partial charge in [-0.1, -0.05) is 24.3 Å². The second kappa shape index (κ2) is 7.15. The molecule has 0 spiro atoms.